The van der Waals surface area contributed by atoms with E-state index in [-0.39, 0.29) is 0 Å². The van der Waals surface area contributed by atoms with E-state index in [1.807, 2.05) is 42.9 Å². The van der Waals surface area contributed by atoms with Crippen LogP contribution in [0.15, 0.2) is 67.1 Å². The first kappa shape index (κ1) is 16.0. The van der Waals surface area contributed by atoms with Crippen LogP contribution in [0.1, 0.15) is 16.8 Å². The number of nitrogen functional groups attached to an aromatic ring is 1. The van der Waals surface area contributed by atoms with Crippen molar-refractivity contribution in [2.45, 2.75) is 19.5 Å². The summed E-state index contributed by atoms with van der Waals surface area (Å²) < 4.78 is 2.13. The Labute approximate surface area is 158 Å². The number of aromatic nitrogens is 3. The van der Waals surface area contributed by atoms with Crippen molar-refractivity contribution >= 4 is 11.3 Å². The van der Waals surface area contributed by atoms with Crippen LogP contribution >= 0.6 is 0 Å². The first-order valence-corrected chi connectivity index (χ1v) is 9.24. The van der Waals surface area contributed by atoms with E-state index >= 15 is 0 Å². The molecule has 0 radical (unpaired) electrons. The second-order valence-corrected chi connectivity index (χ2v) is 7.06. The summed E-state index contributed by atoms with van der Waals surface area (Å²) in [6, 6.07) is 16.6. The van der Waals surface area contributed by atoms with Crippen molar-refractivity contribution in [2.75, 3.05) is 12.3 Å². The van der Waals surface area contributed by atoms with E-state index in [1.165, 1.54) is 16.8 Å². The molecule has 27 heavy (non-hydrogen) atoms. The van der Waals surface area contributed by atoms with Crippen LogP contribution in [-0.2, 0) is 19.5 Å². The number of rotatable bonds is 3. The highest BCUT2D eigenvalue weighted by molar-refractivity contribution is 5.67. The van der Waals surface area contributed by atoms with E-state index in [0.717, 1.165) is 48.6 Å². The highest BCUT2D eigenvalue weighted by Crippen LogP contribution is 2.28. The van der Waals surface area contributed by atoms with Gasteiger partial charge in [0.15, 0.2) is 0 Å². The van der Waals surface area contributed by atoms with Gasteiger partial charge in [-0.15, -0.1) is 0 Å². The van der Waals surface area contributed by atoms with Gasteiger partial charge in [0.2, 0.25) is 0 Å². The van der Waals surface area contributed by atoms with Gasteiger partial charge >= 0.3 is 0 Å². The van der Waals surface area contributed by atoms with Gasteiger partial charge in [-0.2, -0.15) is 0 Å². The maximum atomic E-state index is 6.06. The highest BCUT2D eigenvalue weighted by atomic mass is 15.2. The zero-order valence-electron chi connectivity index (χ0n) is 15.0. The minimum absolute atomic E-state index is 0.742. The van der Waals surface area contributed by atoms with Crippen molar-refractivity contribution in [2.24, 2.45) is 0 Å². The molecule has 3 aromatic heterocycles. The first-order valence-electron chi connectivity index (χ1n) is 9.24. The van der Waals surface area contributed by atoms with Gasteiger partial charge in [0.1, 0.15) is 5.65 Å². The van der Waals surface area contributed by atoms with Crippen molar-refractivity contribution in [3.8, 4) is 11.3 Å². The number of fused-ring (bicyclic) bond motifs is 2. The summed E-state index contributed by atoms with van der Waals surface area (Å²) in [5.41, 5.74) is 13.9. The largest absolute Gasteiger partial charge is 0.398 e. The molecule has 0 fully saturated rings. The molecule has 0 atom stereocenters. The van der Waals surface area contributed by atoms with Gasteiger partial charge in [0.05, 0.1) is 11.4 Å². The van der Waals surface area contributed by atoms with Crippen LogP contribution in [0.4, 0.5) is 5.69 Å². The van der Waals surface area contributed by atoms with E-state index in [9.17, 15) is 0 Å². The lowest BCUT2D eigenvalue weighted by atomic mass is 9.99. The number of benzene rings is 1. The Bertz CT molecular complexity index is 1100. The molecule has 1 aliphatic heterocycles. The molecule has 0 saturated carbocycles. The summed E-state index contributed by atoms with van der Waals surface area (Å²) in [5, 5.41) is 0. The van der Waals surface area contributed by atoms with Crippen LogP contribution in [0.2, 0.25) is 0 Å². The Balaban J connectivity index is 1.57. The predicted octanol–water partition coefficient (Wildman–Crippen LogP) is 3.54. The Morgan fingerprint density at radius 3 is 2.63 bits per heavy atom. The summed E-state index contributed by atoms with van der Waals surface area (Å²) in [6.45, 7) is 2.83. The predicted molar refractivity (Wildman–Crippen MR) is 107 cm³/mol. The van der Waals surface area contributed by atoms with Gasteiger partial charge in [-0.25, -0.2) is 4.98 Å². The molecule has 0 amide bonds. The molecule has 2 N–H and O–H groups in total. The lowest BCUT2D eigenvalue weighted by Gasteiger charge is -2.28. The number of nitrogens with two attached hydrogens (primary N) is 1. The molecular weight excluding hydrogens is 334 g/mol. The van der Waals surface area contributed by atoms with Gasteiger partial charge in [-0.05, 0) is 41.8 Å². The molecule has 5 nitrogen and oxygen atoms in total. The summed E-state index contributed by atoms with van der Waals surface area (Å²) >= 11 is 0. The first-order chi connectivity index (χ1) is 13.3. The van der Waals surface area contributed by atoms with E-state index in [1.54, 1.807) is 0 Å². The zero-order valence-corrected chi connectivity index (χ0v) is 15.0. The molecule has 4 heterocycles. The summed E-state index contributed by atoms with van der Waals surface area (Å²) in [6.07, 6.45) is 6.68. The third-order valence-corrected chi connectivity index (χ3v) is 5.28. The quantitative estimate of drug-likeness (QED) is 0.611. The normalized spacial score (nSPS) is 14.4. The lowest BCUT2D eigenvalue weighted by Crippen LogP contribution is -2.30. The van der Waals surface area contributed by atoms with E-state index in [0.29, 0.717) is 0 Å². The van der Waals surface area contributed by atoms with Gasteiger partial charge in [0, 0.05) is 49.5 Å². The van der Waals surface area contributed by atoms with Crippen LogP contribution in [0.3, 0.4) is 0 Å². The fourth-order valence-electron chi connectivity index (χ4n) is 3.90. The molecule has 0 aliphatic carbocycles. The third-order valence-electron chi connectivity index (χ3n) is 5.28. The Hall–Kier alpha value is -3.18. The summed E-state index contributed by atoms with van der Waals surface area (Å²) in [7, 11) is 0. The number of anilines is 1. The summed E-state index contributed by atoms with van der Waals surface area (Å²) in [4.78, 5) is 11.5. The molecule has 134 valence electrons. The van der Waals surface area contributed by atoms with E-state index in [2.05, 4.69) is 38.6 Å². The van der Waals surface area contributed by atoms with Crippen molar-refractivity contribution in [3.63, 3.8) is 0 Å². The van der Waals surface area contributed by atoms with Crippen LogP contribution in [0.5, 0.6) is 0 Å². The van der Waals surface area contributed by atoms with Crippen LogP contribution < -0.4 is 5.73 Å². The SMILES string of the molecule is Nc1ccc2nc(-c3ccncc3)c(CN3CCc4ccccc4C3)n2c1. The fourth-order valence-corrected chi connectivity index (χ4v) is 3.90. The van der Waals surface area contributed by atoms with Crippen molar-refractivity contribution in [1.82, 2.24) is 19.3 Å². The molecule has 0 unspecified atom stereocenters. The fraction of sp³-hybridized carbons (Fsp3) is 0.182. The Morgan fingerprint density at radius 2 is 1.78 bits per heavy atom. The molecule has 0 saturated heterocycles. The number of imidazole rings is 1. The Kier molecular flexibility index (Phi) is 3.87. The smallest absolute Gasteiger partial charge is 0.137 e. The number of pyridine rings is 2. The van der Waals surface area contributed by atoms with Crippen molar-refractivity contribution in [3.05, 3.63) is 83.9 Å². The van der Waals surface area contributed by atoms with Crippen LogP contribution in [0, 0.1) is 0 Å². The molecule has 4 aromatic rings. The maximum absolute atomic E-state index is 6.06. The van der Waals surface area contributed by atoms with Crippen LogP contribution in [0.25, 0.3) is 16.9 Å². The van der Waals surface area contributed by atoms with Gasteiger partial charge in [0.25, 0.3) is 0 Å². The average molecular weight is 355 g/mol. The molecule has 5 heteroatoms. The van der Waals surface area contributed by atoms with Crippen molar-refractivity contribution in [1.29, 1.82) is 0 Å². The van der Waals surface area contributed by atoms with E-state index in [4.69, 9.17) is 10.7 Å². The van der Waals surface area contributed by atoms with Crippen LogP contribution in [-0.4, -0.2) is 25.8 Å². The second-order valence-electron chi connectivity index (χ2n) is 7.06. The minimum atomic E-state index is 0.742. The highest BCUT2D eigenvalue weighted by Gasteiger charge is 2.21. The molecule has 1 aromatic carbocycles. The molecule has 1 aliphatic rings. The molecule has 5 rings (SSSR count). The monoisotopic (exact) mass is 355 g/mol. The standard InChI is InChI=1S/C22H21N5/c23-19-5-6-21-25-22(17-7-10-24-11-8-17)20(27(21)14-19)15-26-12-9-16-3-1-2-4-18(16)13-26/h1-8,10-11,14H,9,12-13,15,23H2. The molecule has 0 spiro atoms. The molecule has 0 bridgehead atoms. The molecular formula is C22H21N5. The van der Waals surface area contributed by atoms with Crippen molar-refractivity contribution < 1.29 is 0 Å². The lowest BCUT2D eigenvalue weighted by molar-refractivity contribution is 0.242. The van der Waals surface area contributed by atoms with Gasteiger partial charge in [-0.3, -0.25) is 9.88 Å². The second kappa shape index (κ2) is 6.52. The minimum Gasteiger partial charge on any atom is -0.398 e. The Morgan fingerprint density at radius 1 is 0.963 bits per heavy atom. The van der Waals surface area contributed by atoms with Gasteiger partial charge < -0.3 is 10.1 Å². The van der Waals surface area contributed by atoms with Gasteiger partial charge in [-0.1, -0.05) is 24.3 Å². The summed E-state index contributed by atoms with van der Waals surface area (Å²) in [5.74, 6) is 0. The third kappa shape index (κ3) is 2.96. The number of hydrogen-bond acceptors (Lipinski definition) is 4. The maximum Gasteiger partial charge on any atom is 0.137 e. The average Bonchev–Trinajstić information content (AvgIpc) is 3.06. The number of nitrogens with zero attached hydrogens (tertiary/aromatic N) is 4. The number of hydrogen-bond donors (Lipinski definition) is 1. The zero-order chi connectivity index (χ0) is 18.2. The topological polar surface area (TPSA) is 59.5 Å². The van der Waals surface area contributed by atoms with E-state index < -0.39 is 0 Å².